The minimum absolute atomic E-state index is 0.397. The van der Waals surface area contributed by atoms with E-state index in [0.717, 1.165) is 19.4 Å². The lowest BCUT2D eigenvalue weighted by Gasteiger charge is -2.29. The maximum atomic E-state index is 11.2. The van der Waals surface area contributed by atoms with Crippen LogP contribution in [0.15, 0.2) is 0 Å². The Hall–Kier alpha value is -1.06. The van der Waals surface area contributed by atoms with Crippen LogP contribution in [-0.2, 0) is 9.59 Å². The molecule has 0 aliphatic carbocycles. The molecule has 0 aromatic carbocycles. The number of rotatable bonds is 1. The van der Waals surface area contributed by atoms with Crippen LogP contribution in [0.2, 0.25) is 0 Å². The number of hydrogen-bond donors (Lipinski definition) is 1. The summed E-state index contributed by atoms with van der Waals surface area (Å²) in [6.07, 6.45) is 6.30. The molecule has 0 radical (unpaired) electrons. The third-order valence-electron chi connectivity index (χ3n) is 2.74. The number of hydrogen-bond acceptors (Lipinski definition) is 2. The van der Waals surface area contributed by atoms with Crippen molar-refractivity contribution >= 4 is 12.3 Å². The van der Waals surface area contributed by atoms with Gasteiger partial charge in [-0.05, 0) is 25.7 Å². The van der Waals surface area contributed by atoms with E-state index in [0.29, 0.717) is 18.4 Å². The number of nitrogens with one attached hydrogen (secondary N) is 1. The van der Waals surface area contributed by atoms with E-state index in [4.69, 9.17) is 4.79 Å². The van der Waals surface area contributed by atoms with Gasteiger partial charge >= 0.3 is 0 Å². The normalized spacial score (nSPS) is 24.8. The second kappa shape index (κ2) is 5.62. The van der Waals surface area contributed by atoms with E-state index < -0.39 is 0 Å². The standard InChI is InChI=1S/C8H13NO.C2H5NO/c10-8-5-1-3-7-4-2-6-9(7)8;1-3-2-4/h7H,1-6H2;2H,1H3,(H,3,4). The van der Waals surface area contributed by atoms with Crippen LogP contribution in [0, 0.1) is 0 Å². The molecule has 0 aromatic rings. The fraction of sp³-hybridized carbons (Fsp3) is 0.800. The Labute approximate surface area is 84.7 Å². The van der Waals surface area contributed by atoms with Gasteiger partial charge in [-0.15, -0.1) is 0 Å². The minimum atomic E-state index is 0.397. The van der Waals surface area contributed by atoms with Gasteiger partial charge in [0.15, 0.2) is 0 Å². The zero-order chi connectivity index (χ0) is 10.4. The van der Waals surface area contributed by atoms with Gasteiger partial charge in [-0.3, -0.25) is 9.59 Å². The monoisotopic (exact) mass is 198 g/mol. The second-order valence-electron chi connectivity index (χ2n) is 3.68. The lowest BCUT2D eigenvalue weighted by molar-refractivity contribution is -0.134. The van der Waals surface area contributed by atoms with Crippen molar-refractivity contribution in [2.24, 2.45) is 0 Å². The number of nitrogens with zero attached hydrogens (tertiary/aromatic N) is 1. The summed E-state index contributed by atoms with van der Waals surface area (Å²) in [6, 6.07) is 0.626. The molecule has 80 valence electrons. The molecular weight excluding hydrogens is 180 g/mol. The smallest absolute Gasteiger partial charge is 0.222 e. The van der Waals surface area contributed by atoms with Gasteiger partial charge in [-0.25, -0.2) is 0 Å². The van der Waals surface area contributed by atoms with Crippen LogP contribution in [0.1, 0.15) is 32.1 Å². The molecule has 2 fully saturated rings. The van der Waals surface area contributed by atoms with Crippen LogP contribution in [0.5, 0.6) is 0 Å². The van der Waals surface area contributed by atoms with Crippen molar-refractivity contribution in [3.05, 3.63) is 0 Å². The van der Waals surface area contributed by atoms with Crippen molar-refractivity contribution in [3.8, 4) is 0 Å². The maximum absolute atomic E-state index is 11.2. The quantitative estimate of drug-likeness (QED) is 0.625. The highest BCUT2D eigenvalue weighted by molar-refractivity contribution is 5.77. The largest absolute Gasteiger partial charge is 0.362 e. The number of fused-ring (bicyclic) bond motifs is 1. The van der Waals surface area contributed by atoms with Gasteiger partial charge in [0.05, 0.1) is 0 Å². The predicted octanol–water partition coefficient (Wildman–Crippen LogP) is 0.523. The van der Waals surface area contributed by atoms with E-state index in [9.17, 15) is 4.79 Å². The summed E-state index contributed by atoms with van der Waals surface area (Å²) < 4.78 is 0. The molecule has 14 heavy (non-hydrogen) atoms. The Morgan fingerprint density at radius 3 is 2.64 bits per heavy atom. The SMILES string of the molecule is CNC=O.O=C1CCCC2CCCN12. The third kappa shape index (κ3) is 2.72. The third-order valence-corrected chi connectivity index (χ3v) is 2.74. The summed E-state index contributed by atoms with van der Waals surface area (Å²) in [5.74, 6) is 0.397. The molecule has 0 bridgehead atoms. The van der Waals surface area contributed by atoms with Gasteiger partial charge in [0.2, 0.25) is 12.3 Å². The summed E-state index contributed by atoms with van der Waals surface area (Å²) in [5.41, 5.74) is 0. The summed E-state index contributed by atoms with van der Waals surface area (Å²) >= 11 is 0. The Balaban J connectivity index is 0.000000213. The van der Waals surface area contributed by atoms with Crippen molar-refractivity contribution in [1.29, 1.82) is 0 Å². The molecule has 2 aliphatic heterocycles. The van der Waals surface area contributed by atoms with E-state index in [1.807, 2.05) is 0 Å². The average molecular weight is 198 g/mol. The van der Waals surface area contributed by atoms with Gasteiger partial charge in [0.25, 0.3) is 0 Å². The highest BCUT2D eigenvalue weighted by atomic mass is 16.2. The molecule has 2 amide bonds. The fourth-order valence-electron chi connectivity index (χ4n) is 2.10. The van der Waals surface area contributed by atoms with Gasteiger partial charge in [0, 0.05) is 26.1 Å². The van der Waals surface area contributed by atoms with Crippen molar-refractivity contribution < 1.29 is 9.59 Å². The van der Waals surface area contributed by atoms with Gasteiger partial charge in [0.1, 0.15) is 0 Å². The van der Waals surface area contributed by atoms with Crippen LogP contribution in [0.4, 0.5) is 0 Å². The first-order chi connectivity index (χ1) is 6.79. The van der Waals surface area contributed by atoms with Crippen molar-refractivity contribution in [3.63, 3.8) is 0 Å². The zero-order valence-corrected chi connectivity index (χ0v) is 8.66. The molecule has 2 saturated heterocycles. The molecular formula is C10H18N2O2. The predicted molar refractivity (Wildman–Crippen MR) is 53.7 cm³/mol. The van der Waals surface area contributed by atoms with Crippen LogP contribution < -0.4 is 5.32 Å². The summed E-state index contributed by atoms with van der Waals surface area (Å²) in [7, 11) is 1.56. The van der Waals surface area contributed by atoms with Gasteiger partial charge in [-0.1, -0.05) is 0 Å². The Bertz CT molecular complexity index is 206. The maximum Gasteiger partial charge on any atom is 0.222 e. The Kier molecular flexibility index (Phi) is 4.43. The molecule has 4 nitrogen and oxygen atoms in total. The molecule has 0 spiro atoms. The molecule has 0 aromatic heterocycles. The van der Waals surface area contributed by atoms with E-state index in [2.05, 4.69) is 10.2 Å². The van der Waals surface area contributed by atoms with Crippen molar-refractivity contribution in [2.45, 2.75) is 38.1 Å². The van der Waals surface area contributed by atoms with E-state index in [-0.39, 0.29) is 0 Å². The molecule has 2 heterocycles. The molecule has 2 aliphatic rings. The van der Waals surface area contributed by atoms with Crippen LogP contribution in [0.25, 0.3) is 0 Å². The number of piperidine rings is 1. The van der Waals surface area contributed by atoms with Gasteiger partial charge < -0.3 is 10.2 Å². The highest BCUT2D eigenvalue weighted by Crippen LogP contribution is 2.26. The van der Waals surface area contributed by atoms with Crippen LogP contribution >= 0.6 is 0 Å². The van der Waals surface area contributed by atoms with E-state index >= 15 is 0 Å². The zero-order valence-electron chi connectivity index (χ0n) is 8.66. The molecule has 2 rings (SSSR count). The van der Waals surface area contributed by atoms with E-state index in [1.54, 1.807) is 7.05 Å². The number of amides is 2. The first kappa shape index (κ1) is 11.0. The molecule has 4 heteroatoms. The summed E-state index contributed by atoms with van der Waals surface area (Å²) in [5, 5.41) is 2.25. The Morgan fingerprint density at radius 1 is 1.43 bits per heavy atom. The molecule has 1 N–H and O–H groups in total. The first-order valence-electron chi connectivity index (χ1n) is 5.20. The molecule has 0 saturated carbocycles. The summed E-state index contributed by atoms with van der Waals surface area (Å²) in [6.45, 7) is 1.03. The Morgan fingerprint density at radius 2 is 2.07 bits per heavy atom. The second-order valence-corrected chi connectivity index (χ2v) is 3.68. The van der Waals surface area contributed by atoms with Crippen LogP contribution in [0.3, 0.4) is 0 Å². The van der Waals surface area contributed by atoms with E-state index in [1.165, 1.54) is 19.3 Å². The average Bonchev–Trinajstić information content (AvgIpc) is 2.68. The topological polar surface area (TPSA) is 49.4 Å². The molecule has 1 unspecified atom stereocenters. The van der Waals surface area contributed by atoms with Gasteiger partial charge in [-0.2, -0.15) is 0 Å². The number of carbonyl (C=O) groups is 2. The number of carbonyl (C=O) groups excluding carboxylic acids is 2. The lowest BCUT2D eigenvalue weighted by atomic mass is 10.0. The van der Waals surface area contributed by atoms with Crippen molar-refractivity contribution in [1.82, 2.24) is 10.2 Å². The van der Waals surface area contributed by atoms with Crippen molar-refractivity contribution in [2.75, 3.05) is 13.6 Å². The fourth-order valence-corrected chi connectivity index (χ4v) is 2.10. The lowest BCUT2D eigenvalue weighted by Crippen LogP contribution is -2.38. The molecule has 1 atom stereocenters. The minimum Gasteiger partial charge on any atom is -0.362 e. The highest BCUT2D eigenvalue weighted by Gasteiger charge is 2.31. The first-order valence-corrected chi connectivity index (χ1v) is 5.20. The summed E-state index contributed by atoms with van der Waals surface area (Å²) in [4.78, 5) is 22.3. The van der Waals surface area contributed by atoms with Crippen LogP contribution in [-0.4, -0.2) is 36.9 Å².